The van der Waals surface area contributed by atoms with Gasteiger partial charge in [-0.1, -0.05) is 12.8 Å². The van der Waals surface area contributed by atoms with Gasteiger partial charge in [0.05, 0.1) is 17.1 Å². The minimum Gasteiger partial charge on any atom is -0.391 e. The van der Waals surface area contributed by atoms with Crippen LogP contribution in [0.25, 0.3) is 0 Å². The number of likely N-dealkylation sites (N-methyl/N-ethyl adjacent to an activating group) is 1. The number of rotatable bonds is 3. The molecule has 0 bridgehead atoms. The summed E-state index contributed by atoms with van der Waals surface area (Å²) in [6, 6.07) is -0.179. The molecule has 1 saturated carbocycles. The van der Waals surface area contributed by atoms with Crippen LogP contribution in [0.5, 0.6) is 0 Å². The summed E-state index contributed by atoms with van der Waals surface area (Å²) in [7, 11) is 1.69. The Kier molecular flexibility index (Phi) is 3.79. The Morgan fingerprint density at radius 3 is 2.84 bits per heavy atom. The molecule has 2 atom stereocenters. The third-order valence-electron chi connectivity index (χ3n) is 3.49. The number of nitrogens with zero attached hydrogens (tertiary/aromatic N) is 4. The molecular weight excluding hydrogens is 250 g/mol. The van der Waals surface area contributed by atoms with Gasteiger partial charge in [-0.25, -0.2) is 4.98 Å². The van der Waals surface area contributed by atoms with E-state index in [1.165, 1.54) is 0 Å². The molecule has 0 amide bonds. The highest BCUT2D eigenvalue weighted by molar-refractivity contribution is 5.58. The molecule has 1 fully saturated rings. The molecule has 0 aromatic carbocycles. The third kappa shape index (κ3) is 2.73. The van der Waals surface area contributed by atoms with Gasteiger partial charge in [0.25, 0.3) is 0 Å². The van der Waals surface area contributed by atoms with Crippen molar-refractivity contribution in [1.82, 2.24) is 9.97 Å². The van der Waals surface area contributed by atoms with Gasteiger partial charge in [-0.3, -0.25) is 10.1 Å². The number of hydrogen-bond donors (Lipinski definition) is 2. The normalized spacial score (nSPS) is 23.1. The van der Waals surface area contributed by atoms with Crippen molar-refractivity contribution >= 4 is 17.5 Å². The number of aliphatic hydroxyl groups excluding tert-OH is 1. The van der Waals surface area contributed by atoms with Crippen molar-refractivity contribution in [3.63, 3.8) is 0 Å². The van der Waals surface area contributed by atoms with Crippen LogP contribution in [0.2, 0.25) is 0 Å². The van der Waals surface area contributed by atoms with E-state index in [0.29, 0.717) is 6.42 Å². The van der Waals surface area contributed by atoms with Crippen molar-refractivity contribution in [2.24, 2.45) is 0 Å². The van der Waals surface area contributed by atoms with Crippen LogP contribution < -0.4 is 10.6 Å². The maximum absolute atomic E-state index is 11.0. The van der Waals surface area contributed by atoms with E-state index in [4.69, 9.17) is 5.73 Å². The minimum atomic E-state index is -0.541. The predicted octanol–water partition coefficient (Wildman–Crippen LogP) is 0.707. The summed E-state index contributed by atoms with van der Waals surface area (Å²) < 4.78 is 0. The van der Waals surface area contributed by atoms with Crippen molar-refractivity contribution in [3.05, 3.63) is 16.3 Å². The zero-order chi connectivity index (χ0) is 14.0. The highest BCUT2D eigenvalue weighted by Gasteiger charge is 2.31. The zero-order valence-electron chi connectivity index (χ0n) is 10.7. The Bertz CT molecular complexity index is 481. The Hall–Kier alpha value is -1.96. The average Bonchev–Trinajstić information content (AvgIpc) is 2.38. The molecule has 2 rings (SSSR count). The second-order valence-electron chi connectivity index (χ2n) is 4.72. The SMILES string of the molecule is CN(c1nc(N)ncc1[N+](=O)[O-])C1CCCCC1O. The number of nitrogens with two attached hydrogens (primary N) is 1. The van der Waals surface area contributed by atoms with E-state index in [0.717, 1.165) is 25.5 Å². The number of nitrogen functional groups attached to an aromatic ring is 1. The first-order chi connectivity index (χ1) is 9.00. The van der Waals surface area contributed by atoms with Crippen LogP contribution in [0.4, 0.5) is 17.5 Å². The largest absolute Gasteiger partial charge is 0.391 e. The van der Waals surface area contributed by atoms with E-state index in [1.54, 1.807) is 11.9 Å². The van der Waals surface area contributed by atoms with E-state index in [-0.39, 0.29) is 23.5 Å². The molecule has 0 spiro atoms. The van der Waals surface area contributed by atoms with Crippen LogP contribution in [0.3, 0.4) is 0 Å². The molecule has 0 saturated heterocycles. The molecule has 8 nitrogen and oxygen atoms in total. The second kappa shape index (κ2) is 5.35. The summed E-state index contributed by atoms with van der Waals surface area (Å²) in [6.07, 6.45) is 4.03. The maximum atomic E-state index is 11.0. The second-order valence-corrected chi connectivity index (χ2v) is 4.72. The van der Waals surface area contributed by atoms with Gasteiger partial charge in [0, 0.05) is 7.05 Å². The molecule has 1 aliphatic rings. The van der Waals surface area contributed by atoms with Crippen LogP contribution in [-0.4, -0.2) is 39.2 Å². The molecular formula is C11H17N5O3. The van der Waals surface area contributed by atoms with Crippen molar-refractivity contribution in [3.8, 4) is 0 Å². The van der Waals surface area contributed by atoms with E-state index >= 15 is 0 Å². The number of aromatic nitrogens is 2. The monoisotopic (exact) mass is 267 g/mol. The Balaban J connectivity index is 2.34. The van der Waals surface area contributed by atoms with E-state index in [1.807, 2.05) is 0 Å². The molecule has 8 heteroatoms. The molecule has 1 heterocycles. The smallest absolute Gasteiger partial charge is 0.329 e. The van der Waals surface area contributed by atoms with Crippen molar-refractivity contribution in [2.75, 3.05) is 17.7 Å². The Morgan fingerprint density at radius 2 is 2.21 bits per heavy atom. The topological polar surface area (TPSA) is 118 Å². The van der Waals surface area contributed by atoms with Crippen LogP contribution in [0, 0.1) is 10.1 Å². The van der Waals surface area contributed by atoms with Crippen molar-refractivity contribution < 1.29 is 10.0 Å². The fraction of sp³-hybridized carbons (Fsp3) is 0.636. The zero-order valence-corrected chi connectivity index (χ0v) is 10.7. The summed E-state index contributed by atoms with van der Waals surface area (Å²) in [5, 5.41) is 21.0. The molecule has 1 aliphatic carbocycles. The first kappa shape index (κ1) is 13.5. The van der Waals surface area contributed by atoms with Gasteiger partial charge in [-0.2, -0.15) is 4.98 Å². The van der Waals surface area contributed by atoms with Gasteiger partial charge in [-0.05, 0) is 12.8 Å². The van der Waals surface area contributed by atoms with Crippen molar-refractivity contribution in [1.29, 1.82) is 0 Å². The fourth-order valence-corrected chi connectivity index (χ4v) is 2.47. The molecule has 0 aliphatic heterocycles. The summed E-state index contributed by atoms with van der Waals surface area (Å²) in [4.78, 5) is 19.7. The molecule has 104 valence electrons. The summed E-state index contributed by atoms with van der Waals surface area (Å²) >= 11 is 0. The molecule has 3 N–H and O–H groups in total. The third-order valence-corrected chi connectivity index (χ3v) is 3.49. The highest BCUT2D eigenvalue weighted by Crippen LogP contribution is 2.30. The predicted molar refractivity (Wildman–Crippen MR) is 69.8 cm³/mol. The summed E-state index contributed by atoms with van der Waals surface area (Å²) in [5.74, 6) is 0.140. The van der Waals surface area contributed by atoms with Gasteiger partial charge in [0.15, 0.2) is 0 Å². The fourth-order valence-electron chi connectivity index (χ4n) is 2.47. The quantitative estimate of drug-likeness (QED) is 0.611. The van der Waals surface area contributed by atoms with Gasteiger partial charge in [0.1, 0.15) is 6.20 Å². The standard InChI is InChI=1S/C11H17N5O3/c1-15(7-4-2-3-5-9(7)17)10-8(16(18)19)6-13-11(12)14-10/h6-7,9,17H,2-5H2,1H3,(H2,12,13,14). The van der Waals surface area contributed by atoms with E-state index in [9.17, 15) is 15.2 Å². The van der Waals surface area contributed by atoms with E-state index < -0.39 is 11.0 Å². The summed E-state index contributed by atoms with van der Waals surface area (Å²) in [5.41, 5.74) is 5.30. The summed E-state index contributed by atoms with van der Waals surface area (Å²) in [6.45, 7) is 0. The lowest BCUT2D eigenvalue weighted by atomic mass is 9.91. The lowest BCUT2D eigenvalue weighted by molar-refractivity contribution is -0.384. The van der Waals surface area contributed by atoms with Gasteiger partial charge < -0.3 is 15.7 Å². The van der Waals surface area contributed by atoms with Gasteiger partial charge >= 0.3 is 5.69 Å². The van der Waals surface area contributed by atoms with Crippen molar-refractivity contribution in [2.45, 2.75) is 37.8 Å². The Labute approximate surface area is 110 Å². The van der Waals surface area contributed by atoms with E-state index in [2.05, 4.69) is 9.97 Å². The molecule has 2 unspecified atom stereocenters. The first-order valence-corrected chi connectivity index (χ1v) is 6.18. The van der Waals surface area contributed by atoms with Crippen LogP contribution in [-0.2, 0) is 0 Å². The van der Waals surface area contributed by atoms with Gasteiger partial charge in [0.2, 0.25) is 11.8 Å². The highest BCUT2D eigenvalue weighted by atomic mass is 16.6. The van der Waals surface area contributed by atoms with Crippen LogP contribution in [0.1, 0.15) is 25.7 Å². The minimum absolute atomic E-state index is 0.0160. The number of aliphatic hydroxyl groups is 1. The first-order valence-electron chi connectivity index (χ1n) is 6.18. The lowest BCUT2D eigenvalue weighted by Gasteiger charge is -2.35. The molecule has 1 aromatic rings. The maximum Gasteiger partial charge on any atom is 0.329 e. The lowest BCUT2D eigenvalue weighted by Crippen LogP contribution is -2.44. The molecule has 1 aromatic heterocycles. The van der Waals surface area contributed by atoms with Gasteiger partial charge in [-0.15, -0.1) is 0 Å². The molecule has 19 heavy (non-hydrogen) atoms. The average molecular weight is 267 g/mol. The molecule has 0 radical (unpaired) electrons. The number of nitro groups is 1. The number of anilines is 2. The number of hydrogen-bond acceptors (Lipinski definition) is 7. The van der Waals surface area contributed by atoms with Crippen LogP contribution >= 0.6 is 0 Å². The Morgan fingerprint density at radius 1 is 1.53 bits per heavy atom. The van der Waals surface area contributed by atoms with Crippen LogP contribution in [0.15, 0.2) is 6.20 Å².